The summed E-state index contributed by atoms with van der Waals surface area (Å²) in [5, 5.41) is 2.51. The number of fused-ring (bicyclic) bond motifs is 7. The van der Waals surface area contributed by atoms with E-state index in [0.717, 1.165) is 22.6 Å². The molecule has 79 heavy (non-hydrogen) atoms. The Labute approximate surface area is 462 Å². The first-order valence-corrected chi connectivity index (χ1v) is 27.5. The van der Waals surface area contributed by atoms with E-state index in [9.17, 15) is 0 Å². The average Bonchev–Trinajstić information content (AvgIpc) is 2.93. The Hall–Kier alpha value is -10.1. The van der Waals surface area contributed by atoms with Crippen LogP contribution in [0.5, 0.6) is 0 Å². The molecule has 0 bridgehead atoms. The third-order valence-corrected chi connectivity index (χ3v) is 17.0. The molecule has 2 aliphatic carbocycles. The van der Waals surface area contributed by atoms with Crippen LogP contribution < -0.4 is 4.90 Å². The van der Waals surface area contributed by atoms with Gasteiger partial charge in [0, 0.05) is 16.9 Å². The molecule has 0 aromatic heterocycles. The number of hydrogen-bond donors (Lipinski definition) is 0. The van der Waals surface area contributed by atoms with Gasteiger partial charge in [-0.25, -0.2) is 0 Å². The molecule has 0 radical (unpaired) electrons. The normalized spacial score (nSPS) is 13.3. The van der Waals surface area contributed by atoms with Crippen LogP contribution in [0.4, 0.5) is 17.1 Å². The number of anilines is 3. The molecule has 13 aromatic carbocycles. The Morgan fingerprint density at radius 2 is 0.620 bits per heavy atom. The summed E-state index contributed by atoms with van der Waals surface area (Å²) in [5.74, 6) is 0. The predicted molar refractivity (Wildman–Crippen MR) is 330 cm³/mol. The SMILES string of the molecule is c1ccc(C2(c3ccccc3)c3ccccc3-c3ccc(N(c4ccc(-c5ccc(-c6cccc(-c7ccc8ccccc8c7)c6)cc5)cc4)c4cccc5c4-c4ccccc4C5(c4ccccc4)c4ccccc4)cc32)cc1. The van der Waals surface area contributed by atoms with E-state index in [1.807, 2.05) is 0 Å². The molecular weight excluding hydrogens is 951 g/mol. The van der Waals surface area contributed by atoms with Gasteiger partial charge in [0.25, 0.3) is 0 Å². The van der Waals surface area contributed by atoms with Crippen molar-refractivity contribution in [1.29, 1.82) is 0 Å². The monoisotopic (exact) mass is 1000 g/mol. The van der Waals surface area contributed by atoms with Gasteiger partial charge in [-0.2, -0.15) is 0 Å². The Morgan fingerprint density at radius 3 is 1.23 bits per heavy atom. The smallest absolute Gasteiger partial charge is 0.0714 e. The summed E-state index contributed by atoms with van der Waals surface area (Å²) < 4.78 is 0. The van der Waals surface area contributed by atoms with Crippen LogP contribution in [0, 0.1) is 0 Å². The third-order valence-electron chi connectivity index (χ3n) is 17.0. The van der Waals surface area contributed by atoms with Crippen molar-refractivity contribution in [1.82, 2.24) is 0 Å². The highest BCUT2D eigenvalue weighted by atomic mass is 15.1. The van der Waals surface area contributed by atoms with E-state index < -0.39 is 10.8 Å². The number of rotatable bonds is 10. The first kappa shape index (κ1) is 46.2. The molecule has 1 heteroatoms. The average molecular weight is 1000 g/mol. The number of benzene rings is 13. The zero-order valence-electron chi connectivity index (χ0n) is 43.5. The van der Waals surface area contributed by atoms with E-state index in [2.05, 4.69) is 326 Å². The van der Waals surface area contributed by atoms with Crippen molar-refractivity contribution in [2.75, 3.05) is 4.90 Å². The lowest BCUT2D eigenvalue weighted by Gasteiger charge is -2.35. The van der Waals surface area contributed by atoms with Crippen molar-refractivity contribution >= 4 is 27.8 Å². The van der Waals surface area contributed by atoms with Crippen molar-refractivity contribution in [3.63, 3.8) is 0 Å². The molecule has 0 spiro atoms. The van der Waals surface area contributed by atoms with Crippen molar-refractivity contribution in [3.8, 4) is 55.6 Å². The molecule has 0 heterocycles. The Balaban J connectivity index is 0.903. The van der Waals surface area contributed by atoms with Crippen LogP contribution in [0.1, 0.15) is 44.5 Å². The molecule has 0 unspecified atom stereocenters. The van der Waals surface area contributed by atoms with Crippen molar-refractivity contribution < 1.29 is 0 Å². The summed E-state index contributed by atoms with van der Waals surface area (Å²) in [5.41, 5.74) is 24.4. The van der Waals surface area contributed by atoms with Gasteiger partial charge in [-0.3, -0.25) is 0 Å². The molecule has 0 N–H and O–H groups in total. The minimum Gasteiger partial charge on any atom is -0.310 e. The van der Waals surface area contributed by atoms with Gasteiger partial charge in [0.15, 0.2) is 0 Å². The molecule has 0 amide bonds. The Kier molecular flexibility index (Phi) is 11.1. The van der Waals surface area contributed by atoms with E-state index in [4.69, 9.17) is 0 Å². The molecule has 0 fully saturated rings. The molecule has 13 aromatic rings. The van der Waals surface area contributed by atoms with Crippen LogP contribution in [0.2, 0.25) is 0 Å². The molecule has 0 atom stereocenters. The van der Waals surface area contributed by atoms with Gasteiger partial charge in [-0.15, -0.1) is 0 Å². The first-order valence-electron chi connectivity index (χ1n) is 27.5. The Bertz CT molecular complexity index is 4310. The second-order valence-electron chi connectivity index (χ2n) is 21.1. The predicted octanol–water partition coefficient (Wildman–Crippen LogP) is 20.0. The fraction of sp³-hybridized carbons (Fsp3) is 0.0256. The molecule has 0 saturated carbocycles. The summed E-state index contributed by atoms with van der Waals surface area (Å²) in [6.45, 7) is 0. The van der Waals surface area contributed by atoms with Crippen molar-refractivity contribution in [3.05, 3.63) is 366 Å². The van der Waals surface area contributed by atoms with Gasteiger partial charge in [-0.1, -0.05) is 279 Å². The van der Waals surface area contributed by atoms with Crippen LogP contribution in [-0.2, 0) is 10.8 Å². The van der Waals surface area contributed by atoms with Crippen LogP contribution in [0.15, 0.2) is 322 Å². The van der Waals surface area contributed by atoms with Crippen molar-refractivity contribution in [2.24, 2.45) is 0 Å². The van der Waals surface area contributed by atoms with Gasteiger partial charge in [-0.05, 0) is 148 Å². The van der Waals surface area contributed by atoms with Crippen molar-refractivity contribution in [2.45, 2.75) is 10.8 Å². The fourth-order valence-electron chi connectivity index (χ4n) is 13.6. The van der Waals surface area contributed by atoms with E-state index in [-0.39, 0.29) is 0 Å². The molecule has 2 aliphatic rings. The summed E-state index contributed by atoms with van der Waals surface area (Å²) in [4.78, 5) is 2.53. The summed E-state index contributed by atoms with van der Waals surface area (Å²) in [6, 6.07) is 119. The van der Waals surface area contributed by atoms with Gasteiger partial charge in [0.05, 0.1) is 16.5 Å². The van der Waals surface area contributed by atoms with E-state index in [1.54, 1.807) is 0 Å². The highest BCUT2D eigenvalue weighted by Gasteiger charge is 2.49. The maximum absolute atomic E-state index is 2.53. The zero-order valence-corrected chi connectivity index (χ0v) is 43.5. The molecule has 0 saturated heterocycles. The van der Waals surface area contributed by atoms with Crippen LogP contribution in [0.3, 0.4) is 0 Å². The lowest BCUT2D eigenvalue weighted by atomic mass is 9.67. The molecule has 1 nitrogen and oxygen atoms in total. The van der Waals surface area contributed by atoms with Gasteiger partial charge < -0.3 is 4.90 Å². The van der Waals surface area contributed by atoms with E-state index in [0.29, 0.717) is 0 Å². The second-order valence-corrected chi connectivity index (χ2v) is 21.1. The summed E-state index contributed by atoms with van der Waals surface area (Å²) in [6.07, 6.45) is 0. The lowest BCUT2D eigenvalue weighted by Crippen LogP contribution is -2.29. The second kappa shape index (κ2) is 18.9. The molecule has 15 rings (SSSR count). The van der Waals surface area contributed by atoms with Gasteiger partial charge >= 0.3 is 0 Å². The van der Waals surface area contributed by atoms with Crippen LogP contribution >= 0.6 is 0 Å². The maximum Gasteiger partial charge on any atom is 0.0714 e. The van der Waals surface area contributed by atoms with E-state index >= 15 is 0 Å². The largest absolute Gasteiger partial charge is 0.310 e. The molecule has 0 aliphatic heterocycles. The standard InChI is InChI=1S/C78H53N/c1-5-25-62(26-6-1)77(63-27-7-2-8-28-63)72-36-18-16-34-70(72)76-73(77)37-20-38-75(76)79(67-49-50-69-68-33-15-17-35-71(68)78(74(69)53-67,64-29-9-3-10-30-64)65-31-11-4-12-32-65)66-47-45-56(46-48-66)55-39-41-57(42-40-55)59-23-19-24-60(51-59)61-44-43-54-21-13-14-22-58(54)52-61/h1-53H. The lowest BCUT2D eigenvalue weighted by molar-refractivity contribution is 0.768. The topological polar surface area (TPSA) is 3.24 Å². The zero-order chi connectivity index (χ0) is 52.3. The summed E-state index contributed by atoms with van der Waals surface area (Å²) >= 11 is 0. The first-order chi connectivity index (χ1) is 39.2. The van der Waals surface area contributed by atoms with Crippen LogP contribution in [0.25, 0.3) is 66.4 Å². The summed E-state index contributed by atoms with van der Waals surface area (Å²) in [7, 11) is 0. The van der Waals surface area contributed by atoms with Gasteiger partial charge in [0.1, 0.15) is 0 Å². The minimum absolute atomic E-state index is 0.556. The van der Waals surface area contributed by atoms with E-state index in [1.165, 1.54) is 105 Å². The molecule has 370 valence electrons. The number of nitrogens with zero attached hydrogens (tertiary/aromatic N) is 1. The quantitative estimate of drug-likeness (QED) is 0.132. The maximum atomic E-state index is 2.53. The van der Waals surface area contributed by atoms with Crippen LogP contribution in [-0.4, -0.2) is 0 Å². The highest BCUT2D eigenvalue weighted by molar-refractivity contribution is 5.99. The third kappa shape index (κ3) is 7.31. The minimum atomic E-state index is -0.565. The molecular formula is C78H53N. The Morgan fingerprint density at radius 1 is 0.215 bits per heavy atom. The fourth-order valence-corrected chi connectivity index (χ4v) is 13.6. The number of hydrogen-bond acceptors (Lipinski definition) is 1. The highest BCUT2D eigenvalue weighted by Crippen LogP contribution is 2.61. The van der Waals surface area contributed by atoms with Gasteiger partial charge in [0.2, 0.25) is 0 Å².